The van der Waals surface area contributed by atoms with Crippen LogP contribution >= 0.6 is 11.6 Å². The summed E-state index contributed by atoms with van der Waals surface area (Å²) in [6, 6.07) is 8.49. The molecular weight excluding hydrogens is 389 g/mol. The first-order valence-corrected chi connectivity index (χ1v) is 8.68. The lowest BCUT2D eigenvalue weighted by Crippen LogP contribution is -2.05. The van der Waals surface area contributed by atoms with E-state index in [1.807, 2.05) is 0 Å². The number of cyclic esters (lactones) is 1. The number of halogens is 2. The zero-order valence-electron chi connectivity index (χ0n) is 15.0. The molecule has 0 bridgehead atoms. The van der Waals surface area contributed by atoms with Crippen LogP contribution in [0.3, 0.4) is 0 Å². The Balaban J connectivity index is 1.96. The molecule has 0 atom stereocenters. The summed E-state index contributed by atoms with van der Waals surface area (Å²) in [5.74, 6) is -1.17. The van der Waals surface area contributed by atoms with Gasteiger partial charge >= 0.3 is 11.9 Å². The molecular formula is C20H15ClFNO5. The van der Waals surface area contributed by atoms with Crippen LogP contribution in [0.2, 0.25) is 5.02 Å². The summed E-state index contributed by atoms with van der Waals surface area (Å²) >= 11 is 6.20. The van der Waals surface area contributed by atoms with Crippen molar-refractivity contribution in [2.75, 3.05) is 6.61 Å². The molecule has 2 aromatic carbocycles. The number of benzene rings is 2. The number of ether oxygens (including phenoxy) is 3. The van der Waals surface area contributed by atoms with E-state index in [1.54, 1.807) is 13.0 Å². The van der Waals surface area contributed by atoms with Gasteiger partial charge in [-0.15, -0.1) is 0 Å². The summed E-state index contributed by atoms with van der Waals surface area (Å²) in [5, 5.41) is 0.141. The fourth-order valence-electron chi connectivity index (χ4n) is 2.46. The minimum atomic E-state index is -0.655. The second kappa shape index (κ2) is 8.22. The molecule has 0 radical (unpaired) electrons. The average Bonchev–Trinajstić information content (AvgIpc) is 2.99. The molecule has 2 aromatic rings. The van der Waals surface area contributed by atoms with E-state index in [0.29, 0.717) is 17.7 Å². The van der Waals surface area contributed by atoms with Gasteiger partial charge in [-0.3, -0.25) is 4.79 Å². The zero-order chi connectivity index (χ0) is 20.3. The molecule has 1 aliphatic heterocycles. The fraction of sp³-hybridized carbons (Fsp3) is 0.150. The van der Waals surface area contributed by atoms with Gasteiger partial charge in [-0.05, 0) is 55.0 Å². The van der Waals surface area contributed by atoms with Crippen molar-refractivity contribution in [1.29, 1.82) is 0 Å². The maximum absolute atomic E-state index is 13.1. The van der Waals surface area contributed by atoms with Crippen molar-refractivity contribution in [2.45, 2.75) is 13.8 Å². The fourth-order valence-corrected chi connectivity index (χ4v) is 2.72. The third-order valence-electron chi connectivity index (χ3n) is 3.59. The molecule has 0 spiro atoms. The van der Waals surface area contributed by atoms with E-state index in [9.17, 15) is 14.0 Å². The van der Waals surface area contributed by atoms with Crippen LogP contribution in [-0.2, 0) is 14.3 Å². The van der Waals surface area contributed by atoms with Crippen LogP contribution in [0.5, 0.6) is 11.5 Å². The highest BCUT2D eigenvalue weighted by molar-refractivity contribution is 6.32. The van der Waals surface area contributed by atoms with Crippen molar-refractivity contribution < 1.29 is 28.2 Å². The Hall–Kier alpha value is -3.19. The van der Waals surface area contributed by atoms with Gasteiger partial charge in [-0.1, -0.05) is 11.6 Å². The lowest BCUT2D eigenvalue weighted by Gasteiger charge is -2.12. The monoisotopic (exact) mass is 403 g/mol. The van der Waals surface area contributed by atoms with Gasteiger partial charge in [-0.2, -0.15) is 0 Å². The highest BCUT2D eigenvalue weighted by atomic mass is 35.5. The largest absolute Gasteiger partial charge is 0.490 e. The third-order valence-corrected chi connectivity index (χ3v) is 3.87. The van der Waals surface area contributed by atoms with E-state index in [2.05, 4.69) is 4.99 Å². The second-order valence-electron chi connectivity index (χ2n) is 5.70. The van der Waals surface area contributed by atoms with Gasteiger partial charge < -0.3 is 14.2 Å². The summed E-state index contributed by atoms with van der Waals surface area (Å²) in [4.78, 5) is 27.5. The Labute approximate surface area is 165 Å². The number of carbonyl (C=O) groups excluding carboxylic acids is 2. The first-order chi connectivity index (χ1) is 13.4. The second-order valence-corrected chi connectivity index (χ2v) is 6.11. The Morgan fingerprint density at radius 3 is 2.64 bits per heavy atom. The lowest BCUT2D eigenvalue weighted by atomic mass is 10.1. The minimum absolute atomic E-state index is 0.0399. The molecule has 28 heavy (non-hydrogen) atoms. The summed E-state index contributed by atoms with van der Waals surface area (Å²) < 4.78 is 28.8. The number of hydrogen-bond donors (Lipinski definition) is 0. The average molecular weight is 404 g/mol. The molecule has 1 aliphatic rings. The maximum atomic E-state index is 13.1. The zero-order valence-corrected chi connectivity index (χ0v) is 15.7. The number of hydrogen-bond acceptors (Lipinski definition) is 6. The topological polar surface area (TPSA) is 74.2 Å². The van der Waals surface area contributed by atoms with E-state index in [-0.39, 0.29) is 28.1 Å². The van der Waals surface area contributed by atoms with E-state index in [0.717, 1.165) is 0 Å². The van der Waals surface area contributed by atoms with E-state index in [4.69, 9.17) is 25.8 Å². The van der Waals surface area contributed by atoms with Gasteiger partial charge in [-0.25, -0.2) is 14.2 Å². The van der Waals surface area contributed by atoms with Crippen LogP contribution in [0.15, 0.2) is 47.1 Å². The van der Waals surface area contributed by atoms with Gasteiger partial charge in [0.05, 0.1) is 11.6 Å². The minimum Gasteiger partial charge on any atom is -0.490 e. The van der Waals surface area contributed by atoms with Crippen molar-refractivity contribution in [3.8, 4) is 11.5 Å². The quantitative estimate of drug-likeness (QED) is 0.426. The van der Waals surface area contributed by atoms with Crippen molar-refractivity contribution >= 4 is 35.5 Å². The molecule has 1 heterocycles. The van der Waals surface area contributed by atoms with Crippen molar-refractivity contribution in [1.82, 2.24) is 0 Å². The van der Waals surface area contributed by atoms with Crippen LogP contribution in [0, 0.1) is 5.82 Å². The van der Waals surface area contributed by atoms with Gasteiger partial charge in [0.1, 0.15) is 5.82 Å². The predicted molar refractivity (Wildman–Crippen MR) is 101 cm³/mol. The van der Waals surface area contributed by atoms with Gasteiger partial charge in [0, 0.05) is 12.5 Å². The smallest absolute Gasteiger partial charge is 0.363 e. The Kier molecular flexibility index (Phi) is 5.75. The van der Waals surface area contributed by atoms with Crippen LogP contribution in [-0.4, -0.2) is 24.4 Å². The molecule has 0 N–H and O–H groups in total. The first kappa shape index (κ1) is 19.6. The molecule has 6 nitrogen and oxygen atoms in total. The highest BCUT2D eigenvalue weighted by Gasteiger charge is 2.24. The molecule has 144 valence electrons. The summed E-state index contributed by atoms with van der Waals surface area (Å²) in [5.41, 5.74) is 1.01. The SMILES string of the molecule is CCOc1cc(/C=C2\N=C(c3ccc(F)cc3)OC2=O)cc(Cl)c1OC(C)=O. The van der Waals surface area contributed by atoms with Gasteiger partial charge in [0.25, 0.3) is 0 Å². The maximum Gasteiger partial charge on any atom is 0.363 e. The molecule has 0 fully saturated rings. The van der Waals surface area contributed by atoms with Crippen LogP contribution in [0.1, 0.15) is 25.0 Å². The number of rotatable bonds is 5. The van der Waals surface area contributed by atoms with Crippen LogP contribution in [0.25, 0.3) is 6.08 Å². The predicted octanol–water partition coefficient (Wildman–Crippen LogP) is 4.15. The van der Waals surface area contributed by atoms with Crippen molar-refractivity contribution in [3.63, 3.8) is 0 Å². The van der Waals surface area contributed by atoms with Crippen molar-refractivity contribution in [2.24, 2.45) is 4.99 Å². The van der Waals surface area contributed by atoms with Gasteiger partial charge in [0.2, 0.25) is 5.90 Å². The molecule has 8 heteroatoms. The number of esters is 2. The highest BCUT2D eigenvalue weighted by Crippen LogP contribution is 2.37. The number of carbonyl (C=O) groups is 2. The first-order valence-electron chi connectivity index (χ1n) is 8.30. The molecule has 0 unspecified atom stereocenters. The van der Waals surface area contributed by atoms with Gasteiger partial charge in [0.15, 0.2) is 17.2 Å². The van der Waals surface area contributed by atoms with E-state index in [1.165, 1.54) is 43.3 Å². The van der Waals surface area contributed by atoms with E-state index >= 15 is 0 Å². The third kappa shape index (κ3) is 4.37. The van der Waals surface area contributed by atoms with Crippen molar-refractivity contribution in [3.05, 3.63) is 64.1 Å². The standard InChI is InChI=1S/C20H15ClFNO5/c1-3-26-17-10-12(8-15(21)18(17)27-11(2)24)9-16-20(25)28-19(23-16)13-4-6-14(22)7-5-13/h4-10H,3H2,1-2H3/b16-9-. The summed E-state index contributed by atoms with van der Waals surface area (Å²) in [6.07, 6.45) is 1.46. The molecule has 0 aliphatic carbocycles. The normalized spacial score (nSPS) is 14.6. The Morgan fingerprint density at radius 2 is 2.00 bits per heavy atom. The lowest BCUT2D eigenvalue weighted by molar-refractivity contribution is -0.132. The van der Waals surface area contributed by atoms with Crippen LogP contribution < -0.4 is 9.47 Å². The molecule has 0 aromatic heterocycles. The molecule has 0 amide bonds. The summed E-state index contributed by atoms with van der Waals surface area (Å²) in [6.45, 7) is 3.34. The van der Waals surface area contributed by atoms with E-state index < -0.39 is 17.8 Å². The Morgan fingerprint density at radius 1 is 1.29 bits per heavy atom. The number of aliphatic imine (C=N–C) groups is 1. The molecule has 0 saturated heterocycles. The number of nitrogens with zero attached hydrogens (tertiary/aromatic N) is 1. The summed E-state index contributed by atoms with van der Waals surface area (Å²) in [7, 11) is 0. The molecule has 0 saturated carbocycles. The van der Waals surface area contributed by atoms with Crippen LogP contribution in [0.4, 0.5) is 4.39 Å². The molecule has 3 rings (SSSR count). The Bertz CT molecular complexity index is 998.